The lowest BCUT2D eigenvalue weighted by molar-refractivity contribution is -0.122. The lowest BCUT2D eigenvalue weighted by atomic mass is 9.88. The summed E-state index contributed by atoms with van der Waals surface area (Å²) in [6.07, 6.45) is 7.82. The van der Waals surface area contributed by atoms with Gasteiger partial charge in [-0.3, -0.25) is 14.3 Å². The van der Waals surface area contributed by atoms with Crippen LogP contribution in [0, 0.1) is 11.8 Å². The van der Waals surface area contributed by atoms with E-state index < -0.39 is 0 Å². The minimum atomic E-state index is -0.0229. The predicted octanol–water partition coefficient (Wildman–Crippen LogP) is 1.16. The Morgan fingerprint density at radius 3 is 2.71 bits per heavy atom. The number of nitrogens with zero attached hydrogens (tertiary/aromatic N) is 2. The van der Waals surface area contributed by atoms with Gasteiger partial charge in [-0.2, -0.15) is 5.10 Å². The third kappa shape index (κ3) is 4.70. The standard InChI is InChI=1S/C16H25N5O2.ClH/c1-11(12-6-17-7-12)16(23)20-14-8-18-21(9-14)10-15(22)19-13-4-2-3-5-13;/h8-9,11-13,17H,2-7,10H2,1H3,(H,19,22)(H,20,23);1H. The molecule has 1 aromatic rings. The van der Waals surface area contributed by atoms with Crippen molar-refractivity contribution in [2.75, 3.05) is 18.4 Å². The number of aromatic nitrogens is 2. The normalized spacial score (nSPS) is 19.2. The van der Waals surface area contributed by atoms with E-state index >= 15 is 0 Å². The molecule has 1 saturated heterocycles. The van der Waals surface area contributed by atoms with E-state index in [0.29, 0.717) is 17.6 Å². The molecule has 1 unspecified atom stereocenters. The molecule has 24 heavy (non-hydrogen) atoms. The summed E-state index contributed by atoms with van der Waals surface area (Å²) in [7, 11) is 0. The number of halogens is 1. The zero-order valence-electron chi connectivity index (χ0n) is 14.0. The van der Waals surface area contributed by atoms with Crippen molar-refractivity contribution in [3.8, 4) is 0 Å². The molecule has 8 heteroatoms. The Balaban J connectivity index is 0.00000208. The van der Waals surface area contributed by atoms with Crippen molar-refractivity contribution in [1.82, 2.24) is 20.4 Å². The molecule has 2 heterocycles. The van der Waals surface area contributed by atoms with Crippen molar-refractivity contribution < 1.29 is 9.59 Å². The second-order valence-electron chi connectivity index (χ2n) is 6.67. The van der Waals surface area contributed by atoms with Crippen molar-refractivity contribution in [3.63, 3.8) is 0 Å². The van der Waals surface area contributed by atoms with Gasteiger partial charge in [-0.15, -0.1) is 12.4 Å². The zero-order valence-corrected chi connectivity index (χ0v) is 14.8. The smallest absolute Gasteiger partial charge is 0.241 e. The van der Waals surface area contributed by atoms with Crippen molar-refractivity contribution >= 4 is 29.9 Å². The summed E-state index contributed by atoms with van der Waals surface area (Å²) in [4.78, 5) is 24.1. The minimum Gasteiger partial charge on any atom is -0.352 e. The van der Waals surface area contributed by atoms with Gasteiger partial charge >= 0.3 is 0 Å². The molecular weight excluding hydrogens is 330 g/mol. The first-order valence-corrected chi connectivity index (χ1v) is 8.45. The SMILES string of the molecule is CC(C(=O)Nc1cnn(CC(=O)NC2CCCC2)c1)C1CNC1.Cl. The molecule has 0 spiro atoms. The minimum absolute atomic E-state index is 0. The third-order valence-electron chi connectivity index (χ3n) is 4.86. The molecule has 1 aliphatic carbocycles. The maximum Gasteiger partial charge on any atom is 0.241 e. The molecule has 0 aromatic carbocycles. The summed E-state index contributed by atoms with van der Waals surface area (Å²) in [6, 6.07) is 0.314. The third-order valence-corrected chi connectivity index (χ3v) is 4.86. The first-order chi connectivity index (χ1) is 11.1. The highest BCUT2D eigenvalue weighted by atomic mass is 35.5. The number of nitrogens with one attached hydrogen (secondary N) is 3. The van der Waals surface area contributed by atoms with Crippen LogP contribution in [-0.2, 0) is 16.1 Å². The fourth-order valence-corrected chi connectivity index (χ4v) is 3.14. The number of hydrogen-bond donors (Lipinski definition) is 3. The van der Waals surface area contributed by atoms with Crippen LogP contribution in [0.1, 0.15) is 32.6 Å². The van der Waals surface area contributed by atoms with E-state index in [0.717, 1.165) is 25.9 Å². The largest absolute Gasteiger partial charge is 0.352 e. The highest BCUT2D eigenvalue weighted by molar-refractivity contribution is 5.92. The molecule has 7 nitrogen and oxygen atoms in total. The van der Waals surface area contributed by atoms with E-state index in [1.807, 2.05) is 6.92 Å². The first kappa shape index (κ1) is 18.7. The van der Waals surface area contributed by atoms with E-state index in [4.69, 9.17) is 0 Å². The highest BCUT2D eigenvalue weighted by Crippen LogP contribution is 2.19. The van der Waals surface area contributed by atoms with Crippen LogP contribution in [0.3, 0.4) is 0 Å². The quantitative estimate of drug-likeness (QED) is 0.714. The number of anilines is 1. The zero-order chi connectivity index (χ0) is 16.2. The number of hydrogen-bond acceptors (Lipinski definition) is 4. The van der Waals surface area contributed by atoms with Crippen molar-refractivity contribution in [2.45, 2.75) is 45.2 Å². The van der Waals surface area contributed by atoms with Crippen LogP contribution in [0.5, 0.6) is 0 Å². The van der Waals surface area contributed by atoms with E-state index in [2.05, 4.69) is 21.0 Å². The number of carbonyl (C=O) groups excluding carboxylic acids is 2. The van der Waals surface area contributed by atoms with Gasteiger partial charge < -0.3 is 16.0 Å². The Morgan fingerprint density at radius 2 is 2.08 bits per heavy atom. The van der Waals surface area contributed by atoms with Gasteiger partial charge in [0.05, 0.1) is 11.9 Å². The summed E-state index contributed by atoms with van der Waals surface area (Å²) in [5.74, 6) is 0.366. The average Bonchev–Trinajstić information content (AvgIpc) is 3.09. The summed E-state index contributed by atoms with van der Waals surface area (Å²) in [5, 5.41) is 13.2. The molecular formula is C16H26ClN5O2. The fraction of sp³-hybridized carbons (Fsp3) is 0.688. The Labute approximate surface area is 148 Å². The van der Waals surface area contributed by atoms with Gasteiger partial charge in [-0.05, 0) is 31.8 Å². The second kappa shape index (κ2) is 8.48. The van der Waals surface area contributed by atoms with Gasteiger partial charge in [-0.1, -0.05) is 19.8 Å². The molecule has 2 aliphatic rings. The van der Waals surface area contributed by atoms with Crippen LogP contribution in [0.15, 0.2) is 12.4 Å². The Hall–Kier alpha value is -1.60. The molecule has 1 aromatic heterocycles. The molecule has 3 N–H and O–H groups in total. The molecule has 0 bridgehead atoms. The van der Waals surface area contributed by atoms with Crippen molar-refractivity contribution in [1.29, 1.82) is 0 Å². The molecule has 1 atom stereocenters. The van der Waals surface area contributed by atoms with Crippen LogP contribution in [0.4, 0.5) is 5.69 Å². The van der Waals surface area contributed by atoms with E-state index in [9.17, 15) is 9.59 Å². The maximum atomic E-state index is 12.2. The summed E-state index contributed by atoms with van der Waals surface area (Å²) < 4.78 is 1.56. The van der Waals surface area contributed by atoms with E-state index in [-0.39, 0.29) is 36.7 Å². The molecule has 1 saturated carbocycles. The topological polar surface area (TPSA) is 88.0 Å². The summed E-state index contributed by atoms with van der Waals surface area (Å²) in [5.41, 5.74) is 0.641. The van der Waals surface area contributed by atoms with Crippen LogP contribution in [0.25, 0.3) is 0 Å². The Morgan fingerprint density at radius 1 is 1.38 bits per heavy atom. The Kier molecular flexibility index (Phi) is 6.62. The summed E-state index contributed by atoms with van der Waals surface area (Å²) in [6.45, 7) is 3.93. The van der Waals surface area contributed by atoms with Gasteiger partial charge in [-0.25, -0.2) is 0 Å². The molecule has 1 aliphatic heterocycles. The van der Waals surface area contributed by atoms with Crippen LogP contribution in [-0.4, -0.2) is 40.7 Å². The average molecular weight is 356 g/mol. The van der Waals surface area contributed by atoms with Crippen LogP contribution < -0.4 is 16.0 Å². The van der Waals surface area contributed by atoms with Gasteiger partial charge in [0.1, 0.15) is 6.54 Å². The van der Waals surface area contributed by atoms with Gasteiger partial charge in [0, 0.05) is 18.2 Å². The lowest BCUT2D eigenvalue weighted by Crippen LogP contribution is -2.48. The molecule has 3 rings (SSSR count). The summed E-state index contributed by atoms with van der Waals surface area (Å²) >= 11 is 0. The molecule has 2 amide bonds. The second-order valence-corrected chi connectivity index (χ2v) is 6.67. The number of carbonyl (C=O) groups is 2. The van der Waals surface area contributed by atoms with Crippen molar-refractivity contribution in [3.05, 3.63) is 12.4 Å². The fourth-order valence-electron chi connectivity index (χ4n) is 3.14. The van der Waals surface area contributed by atoms with Gasteiger partial charge in [0.15, 0.2) is 0 Å². The number of rotatable bonds is 6. The lowest BCUT2D eigenvalue weighted by Gasteiger charge is -2.31. The maximum absolute atomic E-state index is 12.2. The Bertz CT molecular complexity index is 567. The van der Waals surface area contributed by atoms with Crippen LogP contribution >= 0.6 is 12.4 Å². The monoisotopic (exact) mass is 355 g/mol. The van der Waals surface area contributed by atoms with Gasteiger partial charge in [0.2, 0.25) is 11.8 Å². The van der Waals surface area contributed by atoms with E-state index in [1.54, 1.807) is 17.1 Å². The van der Waals surface area contributed by atoms with Gasteiger partial charge in [0.25, 0.3) is 0 Å². The highest BCUT2D eigenvalue weighted by Gasteiger charge is 2.28. The molecule has 134 valence electrons. The van der Waals surface area contributed by atoms with Crippen molar-refractivity contribution in [2.24, 2.45) is 11.8 Å². The number of amides is 2. The predicted molar refractivity (Wildman–Crippen MR) is 94.0 cm³/mol. The first-order valence-electron chi connectivity index (χ1n) is 8.45. The van der Waals surface area contributed by atoms with E-state index in [1.165, 1.54) is 12.8 Å². The molecule has 0 radical (unpaired) electrons. The molecule has 2 fully saturated rings. The van der Waals surface area contributed by atoms with Crippen LogP contribution in [0.2, 0.25) is 0 Å².